The van der Waals surface area contributed by atoms with Crippen molar-refractivity contribution >= 4 is 12.4 Å². The maximum atomic E-state index is 5.25. The highest BCUT2D eigenvalue weighted by atomic mass is 35.5. The van der Waals surface area contributed by atoms with Crippen LogP contribution in [0, 0.1) is 0 Å². The van der Waals surface area contributed by atoms with Crippen LogP contribution in [0.1, 0.15) is 5.56 Å². The van der Waals surface area contributed by atoms with E-state index in [9.17, 15) is 0 Å². The summed E-state index contributed by atoms with van der Waals surface area (Å²) in [5.41, 5.74) is 5.90. The molecule has 2 aromatic rings. The Morgan fingerprint density at radius 3 is 2.38 bits per heavy atom. The highest BCUT2D eigenvalue weighted by Crippen LogP contribution is 2.16. The molecule has 1 heterocycles. The molecule has 0 aliphatic carbocycles. The van der Waals surface area contributed by atoms with E-state index in [0.29, 0.717) is 6.54 Å². The van der Waals surface area contributed by atoms with Crippen molar-refractivity contribution < 1.29 is 0 Å². The van der Waals surface area contributed by atoms with Crippen LogP contribution in [-0.4, -0.2) is 4.98 Å². The molecule has 0 amide bonds. The molecule has 0 saturated carbocycles. The van der Waals surface area contributed by atoms with Gasteiger partial charge in [-0.1, -0.05) is 30.3 Å². The Kier molecular flexibility index (Phi) is 4.92. The molecule has 3 N–H and O–H groups in total. The maximum Gasteiger partial charge on any atom is 0.0701 e. The summed E-state index contributed by atoms with van der Waals surface area (Å²) in [7, 11) is 0. The molecule has 0 bridgehead atoms. The van der Waals surface area contributed by atoms with Crippen molar-refractivity contribution in [3.05, 3.63) is 54.2 Å². The minimum atomic E-state index is 0. The fraction of sp³-hybridized carbons (Fsp3) is 0.0833. The van der Waals surface area contributed by atoms with Gasteiger partial charge in [0, 0.05) is 18.3 Å². The molecule has 84 valence electrons. The number of halogens is 1. The zero-order chi connectivity index (χ0) is 10.5. The lowest BCUT2D eigenvalue weighted by Gasteiger charge is -2.02. The van der Waals surface area contributed by atoms with E-state index >= 15 is 0 Å². The lowest BCUT2D eigenvalue weighted by atomic mass is 10.1. The Balaban J connectivity index is 0.00000128. The third-order valence-corrected chi connectivity index (χ3v) is 2.22. The monoisotopic (exact) mass is 235 g/mol. The fourth-order valence-corrected chi connectivity index (χ4v) is 1.44. The highest BCUT2D eigenvalue weighted by molar-refractivity contribution is 5.85. The number of benzene rings is 1. The number of nitrogens with zero attached hydrogens (tertiary/aromatic N) is 1. The summed E-state index contributed by atoms with van der Waals surface area (Å²) in [5.74, 6) is 5.25. The average molecular weight is 236 g/mol. The second-order valence-electron chi connectivity index (χ2n) is 3.29. The van der Waals surface area contributed by atoms with E-state index in [4.69, 9.17) is 5.84 Å². The predicted molar refractivity (Wildman–Crippen MR) is 67.9 cm³/mol. The molecule has 0 radical (unpaired) electrons. The molecule has 0 saturated heterocycles. The summed E-state index contributed by atoms with van der Waals surface area (Å²) in [6.45, 7) is 0.683. The first-order valence-electron chi connectivity index (χ1n) is 4.84. The summed E-state index contributed by atoms with van der Waals surface area (Å²) in [6, 6.07) is 14.1. The van der Waals surface area contributed by atoms with Crippen molar-refractivity contribution in [1.29, 1.82) is 0 Å². The van der Waals surface area contributed by atoms with E-state index in [-0.39, 0.29) is 12.4 Å². The van der Waals surface area contributed by atoms with E-state index in [1.54, 1.807) is 6.20 Å². The second kappa shape index (κ2) is 6.23. The molecule has 0 atom stereocenters. The number of pyridine rings is 1. The van der Waals surface area contributed by atoms with Gasteiger partial charge in [-0.15, -0.1) is 12.4 Å². The third kappa shape index (κ3) is 3.03. The zero-order valence-corrected chi connectivity index (χ0v) is 9.58. The topological polar surface area (TPSA) is 50.9 Å². The first-order valence-corrected chi connectivity index (χ1v) is 4.84. The number of hydrazine groups is 1. The van der Waals surface area contributed by atoms with Gasteiger partial charge in [-0.2, -0.15) is 0 Å². The Bertz CT molecular complexity index is 414. The summed E-state index contributed by atoms with van der Waals surface area (Å²) in [6.07, 6.45) is 1.80. The van der Waals surface area contributed by atoms with Gasteiger partial charge in [-0.25, -0.2) is 0 Å². The van der Waals surface area contributed by atoms with Crippen LogP contribution in [0.25, 0.3) is 11.3 Å². The predicted octanol–water partition coefficient (Wildman–Crippen LogP) is 2.13. The SMILES string of the molecule is Cl.NNCc1ccc(-c2ccccn2)cc1. The van der Waals surface area contributed by atoms with Crippen LogP contribution < -0.4 is 11.3 Å². The summed E-state index contributed by atoms with van der Waals surface area (Å²) < 4.78 is 0. The highest BCUT2D eigenvalue weighted by Gasteiger charge is 1.97. The van der Waals surface area contributed by atoms with E-state index in [2.05, 4.69) is 22.5 Å². The summed E-state index contributed by atoms with van der Waals surface area (Å²) in [4.78, 5) is 4.28. The van der Waals surface area contributed by atoms with Gasteiger partial charge in [0.15, 0.2) is 0 Å². The molecule has 4 heteroatoms. The van der Waals surface area contributed by atoms with Crippen molar-refractivity contribution in [1.82, 2.24) is 10.4 Å². The van der Waals surface area contributed by atoms with Crippen LogP contribution in [0.15, 0.2) is 48.7 Å². The molecule has 0 spiro atoms. The van der Waals surface area contributed by atoms with Gasteiger partial charge in [-0.05, 0) is 17.7 Å². The number of nitrogens with two attached hydrogens (primary N) is 1. The molecule has 0 fully saturated rings. The number of nitrogens with one attached hydrogen (secondary N) is 1. The van der Waals surface area contributed by atoms with Crippen LogP contribution in [0.4, 0.5) is 0 Å². The fourth-order valence-electron chi connectivity index (χ4n) is 1.44. The lowest BCUT2D eigenvalue weighted by Crippen LogP contribution is -2.20. The van der Waals surface area contributed by atoms with Crippen LogP contribution in [0.2, 0.25) is 0 Å². The molecular formula is C12H14ClN3. The smallest absolute Gasteiger partial charge is 0.0701 e. The number of aromatic nitrogens is 1. The van der Waals surface area contributed by atoms with Crippen LogP contribution in [0.5, 0.6) is 0 Å². The van der Waals surface area contributed by atoms with Crippen LogP contribution in [-0.2, 0) is 6.54 Å². The average Bonchev–Trinajstić information content (AvgIpc) is 2.32. The molecule has 1 aromatic heterocycles. The van der Waals surface area contributed by atoms with Gasteiger partial charge in [0.25, 0.3) is 0 Å². The first kappa shape index (κ1) is 12.6. The standard InChI is InChI=1S/C12H13N3.ClH/c13-15-9-10-4-6-11(7-5-10)12-3-1-2-8-14-12;/h1-8,15H,9,13H2;1H. The quantitative estimate of drug-likeness (QED) is 0.633. The third-order valence-electron chi connectivity index (χ3n) is 2.22. The van der Waals surface area contributed by atoms with Gasteiger partial charge < -0.3 is 0 Å². The van der Waals surface area contributed by atoms with Gasteiger partial charge >= 0.3 is 0 Å². The van der Waals surface area contributed by atoms with Gasteiger partial charge in [-0.3, -0.25) is 16.3 Å². The Labute approximate surface area is 101 Å². The molecule has 0 aliphatic heterocycles. The van der Waals surface area contributed by atoms with Gasteiger partial charge in [0.05, 0.1) is 5.69 Å². The van der Waals surface area contributed by atoms with Crippen LogP contribution in [0.3, 0.4) is 0 Å². The Hall–Kier alpha value is -1.42. The number of hydrogen-bond acceptors (Lipinski definition) is 3. The maximum absolute atomic E-state index is 5.25. The van der Waals surface area contributed by atoms with Crippen molar-refractivity contribution in [3.8, 4) is 11.3 Å². The van der Waals surface area contributed by atoms with E-state index in [1.165, 1.54) is 0 Å². The normalized spacial score (nSPS) is 9.56. The van der Waals surface area contributed by atoms with Crippen molar-refractivity contribution in [2.24, 2.45) is 5.84 Å². The summed E-state index contributed by atoms with van der Waals surface area (Å²) in [5, 5.41) is 0. The minimum Gasteiger partial charge on any atom is -0.271 e. The lowest BCUT2D eigenvalue weighted by molar-refractivity contribution is 0.741. The van der Waals surface area contributed by atoms with Crippen molar-refractivity contribution in [3.63, 3.8) is 0 Å². The second-order valence-corrected chi connectivity index (χ2v) is 3.29. The molecule has 3 nitrogen and oxygen atoms in total. The Morgan fingerprint density at radius 1 is 1.06 bits per heavy atom. The molecule has 2 rings (SSSR count). The van der Waals surface area contributed by atoms with Gasteiger partial charge in [0.2, 0.25) is 0 Å². The molecule has 0 aliphatic rings. The van der Waals surface area contributed by atoms with Crippen LogP contribution >= 0.6 is 12.4 Å². The van der Waals surface area contributed by atoms with E-state index in [1.807, 2.05) is 30.3 Å². The molecular weight excluding hydrogens is 222 g/mol. The van der Waals surface area contributed by atoms with E-state index < -0.39 is 0 Å². The van der Waals surface area contributed by atoms with Crippen molar-refractivity contribution in [2.45, 2.75) is 6.54 Å². The first-order chi connectivity index (χ1) is 7.40. The van der Waals surface area contributed by atoms with E-state index in [0.717, 1.165) is 16.8 Å². The Morgan fingerprint density at radius 2 is 1.81 bits per heavy atom. The minimum absolute atomic E-state index is 0. The molecule has 16 heavy (non-hydrogen) atoms. The zero-order valence-electron chi connectivity index (χ0n) is 8.76. The van der Waals surface area contributed by atoms with Crippen molar-refractivity contribution in [2.75, 3.05) is 0 Å². The number of rotatable bonds is 3. The summed E-state index contributed by atoms with van der Waals surface area (Å²) >= 11 is 0. The largest absolute Gasteiger partial charge is 0.271 e. The molecule has 1 aromatic carbocycles. The number of hydrogen-bond donors (Lipinski definition) is 2. The van der Waals surface area contributed by atoms with Gasteiger partial charge in [0.1, 0.15) is 0 Å². The molecule has 0 unspecified atom stereocenters.